The first-order valence-corrected chi connectivity index (χ1v) is 7.16. The SMILES string of the molecule is C1=CN2ON=C(c3ccnc(N4CCNCC4)n3)C=C2N=C1. The normalized spacial score (nSPS) is 20.2. The number of hydrogen-bond donors (Lipinski definition) is 1. The Morgan fingerprint density at radius 1 is 1.23 bits per heavy atom. The van der Waals surface area contributed by atoms with E-state index in [4.69, 9.17) is 4.94 Å². The summed E-state index contributed by atoms with van der Waals surface area (Å²) in [5.74, 6) is 1.39. The Hall–Kier alpha value is -2.74. The molecule has 1 aromatic rings. The zero-order valence-corrected chi connectivity index (χ0v) is 11.9. The Morgan fingerprint density at radius 3 is 3.05 bits per heavy atom. The van der Waals surface area contributed by atoms with Gasteiger partial charge in [-0.25, -0.2) is 15.0 Å². The number of hydroxylamine groups is 2. The number of aromatic nitrogens is 2. The van der Waals surface area contributed by atoms with E-state index in [2.05, 4.69) is 30.3 Å². The summed E-state index contributed by atoms with van der Waals surface area (Å²) in [6, 6.07) is 1.82. The van der Waals surface area contributed by atoms with E-state index < -0.39 is 0 Å². The highest BCUT2D eigenvalue weighted by molar-refractivity contribution is 6.07. The average molecular weight is 297 g/mol. The van der Waals surface area contributed by atoms with Crippen LogP contribution in [0.15, 0.2) is 46.6 Å². The van der Waals surface area contributed by atoms with Crippen molar-refractivity contribution in [1.82, 2.24) is 20.3 Å². The van der Waals surface area contributed by atoms with Crippen molar-refractivity contribution in [3.8, 4) is 0 Å². The first kappa shape index (κ1) is 13.0. The third kappa shape index (κ3) is 2.44. The molecule has 0 radical (unpaired) electrons. The molecule has 1 aromatic heterocycles. The van der Waals surface area contributed by atoms with Crippen molar-refractivity contribution in [2.24, 2.45) is 10.1 Å². The fraction of sp³-hybridized carbons (Fsp3) is 0.286. The molecule has 0 aliphatic carbocycles. The molecule has 0 unspecified atom stereocenters. The van der Waals surface area contributed by atoms with E-state index in [1.165, 1.54) is 5.06 Å². The lowest BCUT2D eigenvalue weighted by Crippen LogP contribution is -2.44. The smallest absolute Gasteiger partial charge is 0.225 e. The zero-order chi connectivity index (χ0) is 14.8. The van der Waals surface area contributed by atoms with Crippen molar-refractivity contribution in [3.63, 3.8) is 0 Å². The third-order valence-corrected chi connectivity index (χ3v) is 3.54. The van der Waals surface area contributed by atoms with Crippen LogP contribution in [0, 0.1) is 0 Å². The van der Waals surface area contributed by atoms with Crippen LogP contribution in [0.4, 0.5) is 5.95 Å². The molecule has 1 fully saturated rings. The predicted octanol–water partition coefficient (Wildman–Crippen LogP) is 0.277. The maximum atomic E-state index is 5.30. The Kier molecular flexibility index (Phi) is 3.28. The van der Waals surface area contributed by atoms with Gasteiger partial charge < -0.3 is 10.2 Å². The second kappa shape index (κ2) is 5.57. The van der Waals surface area contributed by atoms with Crippen molar-refractivity contribution < 1.29 is 4.94 Å². The van der Waals surface area contributed by atoms with Gasteiger partial charge in [-0.05, 0) is 12.1 Å². The molecular weight excluding hydrogens is 282 g/mol. The van der Waals surface area contributed by atoms with E-state index in [9.17, 15) is 0 Å². The molecule has 1 N–H and O–H groups in total. The summed E-state index contributed by atoms with van der Waals surface area (Å²) < 4.78 is 0. The second-order valence-corrected chi connectivity index (χ2v) is 4.99. The van der Waals surface area contributed by atoms with Crippen LogP contribution in [0.2, 0.25) is 0 Å². The molecule has 4 heterocycles. The fourth-order valence-corrected chi connectivity index (χ4v) is 2.40. The summed E-state index contributed by atoms with van der Waals surface area (Å²) in [7, 11) is 0. The van der Waals surface area contributed by atoms with Crippen molar-refractivity contribution in [2.75, 3.05) is 31.1 Å². The van der Waals surface area contributed by atoms with Gasteiger partial charge in [-0.2, -0.15) is 0 Å². The summed E-state index contributed by atoms with van der Waals surface area (Å²) >= 11 is 0. The molecule has 3 aliphatic rings. The summed E-state index contributed by atoms with van der Waals surface area (Å²) in [5.41, 5.74) is 1.36. The number of fused-ring (bicyclic) bond motifs is 1. The van der Waals surface area contributed by atoms with Gasteiger partial charge in [0.1, 0.15) is 5.71 Å². The van der Waals surface area contributed by atoms with Crippen LogP contribution in [-0.4, -0.2) is 53.1 Å². The summed E-state index contributed by atoms with van der Waals surface area (Å²) in [6.45, 7) is 3.68. The number of nitrogens with one attached hydrogen (secondary N) is 1. The zero-order valence-electron chi connectivity index (χ0n) is 11.9. The van der Waals surface area contributed by atoms with E-state index >= 15 is 0 Å². The fourth-order valence-electron chi connectivity index (χ4n) is 2.40. The van der Waals surface area contributed by atoms with Gasteiger partial charge >= 0.3 is 0 Å². The van der Waals surface area contributed by atoms with E-state index in [0.717, 1.165) is 37.8 Å². The number of piperazine rings is 1. The maximum Gasteiger partial charge on any atom is 0.225 e. The minimum Gasteiger partial charge on any atom is -0.338 e. The van der Waals surface area contributed by atoms with E-state index in [1.807, 2.05) is 12.1 Å². The standard InChI is InChI=1S/C14H15N7O/c1-3-16-13-10-12(19-22-21(13)7-1)11-2-4-17-14(18-11)20-8-5-15-6-9-20/h1-4,7,10,15H,5-6,8-9H2. The molecule has 4 rings (SSSR count). The largest absolute Gasteiger partial charge is 0.338 e. The lowest BCUT2D eigenvalue weighted by molar-refractivity contribution is -0.0952. The number of hydrogen-bond acceptors (Lipinski definition) is 8. The minimum atomic E-state index is 0.637. The average Bonchev–Trinajstić information content (AvgIpc) is 2.62. The Bertz CT molecular complexity index is 688. The van der Waals surface area contributed by atoms with Crippen LogP contribution in [0.25, 0.3) is 0 Å². The highest BCUT2D eigenvalue weighted by atomic mass is 16.8. The minimum absolute atomic E-state index is 0.637. The van der Waals surface area contributed by atoms with E-state index in [0.29, 0.717) is 11.5 Å². The second-order valence-electron chi connectivity index (χ2n) is 4.99. The van der Waals surface area contributed by atoms with Crippen LogP contribution in [0.5, 0.6) is 0 Å². The van der Waals surface area contributed by atoms with Gasteiger partial charge in [-0.3, -0.25) is 4.94 Å². The summed E-state index contributed by atoms with van der Waals surface area (Å²) in [6.07, 6.45) is 8.83. The van der Waals surface area contributed by atoms with E-state index in [1.54, 1.807) is 24.7 Å². The number of oxime groups is 1. The molecule has 0 aromatic carbocycles. The molecule has 1 saturated heterocycles. The molecule has 0 bridgehead atoms. The molecule has 112 valence electrons. The highest BCUT2D eigenvalue weighted by Gasteiger charge is 2.20. The Morgan fingerprint density at radius 2 is 2.14 bits per heavy atom. The van der Waals surface area contributed by atoms with Crippen LogP contribution in [-0.2, 0) is 4.94 Å². The molecule has 8 nitrogen and oxygen atoms in total. The van der Waals surface area contributed by atoms with Crippen molar-refractivity contribution in [1.29, 1.82) is 0 Å². The van der Waals surface area contributed by atoms with Gasteiger partial charge in [-0.15, -0.1) is 5.06 Å². The quantitative estimate of drug-likeness (QED) is 0.844. The number of allylic oxidation sites excluding steroid dienone is 2. The van der Waals surface area contributed by atoms with Crippen molar-refractivity contribution in [3.05, 3.63) is 42.1 Å². The van der Waals surface area contributed by atoms with Gasteiger partial charge in [0, 0.05) is 44.7 Å². The summed E-state index contributed by atoms with van der Waals surface area (Å²) in [5, 5.41) is 8.91. The lowest BCUT2D eigenvalue weighted by Gasteiger charge is -2.27. The van der Waals surface area contributed by atoms with Gasteiger partial charge in [0.25, 0.3) is 0 Å². The molecule has 0 spiro atoms. The molecular formula is C14H15N7O. The Labute approximate surface area is 127 Å². The monoisotopic (exact) mass is 297 g/mol. The van der Waals surface area contributed by atoms with Crippen LogP contribution < -0.4 is 10.2 Å². The molecule has 0 saturated carbocycles. The number of anilines is 1. The van der Waals surface area contributed by atoms with Gasteiger partial charge in [0.15, 0.2) is 5.82 Å². The lowest BCUT2D eigenvalue weighted by atomic mass is 10.2. The molecule has 0 atom stereocenters. The third-order valence-electron chi connectivity index (χ3n) is 3.54. The number of nitrogens with zero attached hydrogens (tertiary/aromatic N) is 6. The van der Waals surface area contributed by atoms with Crippen LogP contribution >= 0.6 is 0 Å². The maximum absolute atomic E-state index is 5.30. The Balaban J connectivity index is 1.60. The van der Waals surface area contributed by atoms with E-state index in [-0.39, 0.29) is 0 Å². The molecule has 22 heavy (non-hydrogen) atoms. The first-order valence-electron chi connectivity index (χ1n) is 7.16. The van der Waals surface area contributed by atoms with Gasteiger partial charge in [-0.1, -0.05) is 5.16 Å². The highest BCUT2D eigenvalue weighted by Crippen LogP contribution is 2.19. The number of aliphatic imine (C=N–C) groups is 1. The van der Waals surface area contributed by atoms with Crippen LogP contribution in [0.1, 0.15) is 5.69 Å². The van der Waals surface area contributed by atoms with Crippen molar-refractivity contribution >= 4 is 17.9 Å². The number of rotatable bonds is 2. The van der Waals surface area contributed by atoms with Crippen LogP contribution in [0.3, 0.4) is 0 Å². The first-order chi connectivity index (χ1) is 10.9. The van der Waals surface area contributed by atoms with Gasteiger partial charge in [0.2, 0.25) is 5.95 Å². The molecule has 0 amide bonds. The van der Waals surface area contributed by atoms with Gasteiger partial charge in [0.05, 0.1) is 11.9 Å². The topological polar surface area (TPSA) is 78.2 Å². The predicted molar refractivity (Wildman–Crippen MR) is 82.3 cm³/mol. The molecule has 3 aliphatic heterocycles. The molecule has 8 heteroatoms. The van der Waals surface area contributed by atoms with Crippen molar-refractivity contribution in [2.45, 2.75) is 0 Å². The summed E-state index contributed by atoms with van der Waals surface area (Å²) in [4.78, 5) is 20.7.